The quantitative estimate of drug-likeness (QED) is 0.805. The SMILES string of the molecule is CCC1CCC(CNC(=O)NCc2ccc(N3CCN(C)CC3)nc2)CC1. The summed E-state index contributed by atoms with van der Waals surface area (Å²) in [7, 11) is 2.15. The lowest BCUT2D eigenvalue weighted by atomic mass is 9.81. The van der Waals surface area contributed by atoms with Crippen molar-refractivity contribution in [3.05, 3.63) is 23.9 Å². The number of anilines is 1. The Balaban J connectivity index is 1.35. The molecule has 27 heavy (non-hydrogen) atoms. The number of carbonyl (C=O) groups is 1. The first kappa shape index (κ1) is 19.9. The number of nitrogens with one attached hydrogen (secondary N) is 2. The standard InChI is InChI=1S/C21H35N5O/c1-3-17-4-6-18(7-5-17)14-23-21(27)24-16-19-8-9-20(22-15-19)26-12-10-25(2)11-13-26/h8-9,15,17-18H,3-7,10-14,16H2,1-2H3,(H2,23,24,27). The van der Waals surface area contributed by atoms with Crippen LogP contribution in [-0.2, 0) is 6.54 Å². The van der Waals surface area contributed by atoms with Crippen molar-refractivity contribution in [1.82, 2.24) is 20.5 Å². The predicted molar refractivity (Wildman–Crippen MR) is 110 cm³/mol. The molecule has 1 saturated carbocycles. The maximum atomic E-state index is 12.1. The van der Waals surface area contributed by atoms with E-state index < -0.39 is 0 Å². The zero-order chi connectivity index (χ0) is 19.1. The first-order valence-corrected chi connectivity index (χ1v) is 10.5. The highest BCUT2D eigenvalue weighted by molar-refractivity contribution is 5.73. The van der Waals surface area contributed by atoms with Gasteiger partial charge in [0.2, 0.25) is 0 Å². The van der Waals surface area contributed by atoms with Gasteiger partial charge >= 0.3 is 6.03 Å². The molecule has 6 nitrogen and oxygen atoms in total. The van der Waals surface area contributed by atoms with Crippen LogP contribution in [0.15, 0.2) is 18.3 Å². The largest absolute Gasteiger partial charge is 0.354 e. The van der Waals surface area contributed by atoms with E-state index in [1.165, 1.54) is 32.1 Å². The molecule has 1 saturated heterocycles. The van der Waals surface area contributed by atoms with Crippen molar-refractivity contribution in [3.63, 3.8) is 0 Å². The molecule has 0 spiro atoms. The van der Waals surface area contributed by atoms with E-state index in [4.69, 9.17) is 0 Å². The summed E-state index contributed by atoms with van der Waals surface area (Å²) in [5.74, 6) is 2.57. The van der Waals surface area contributed by atoms with E-state index in [9.17, 15) is 4.79 Å². The van der Waals surface area contributed by atoms with Crippen LogP contribution in [-0.4, -0.2) is 55.7 Å². The fourth-order valence-electron chi connectivity index (χ4n) is 4.07. The Labute approximate surface area is 163 Å². The topological polar surface area (TPSA) is 60.5 Å². The average Bonchev–Trinajstić information content (AvgIpc) is 2.72. The molecule has 1 aromatic rings. The van der Waals surface area contributed by atoms with Crippen molar-refractivity contribution >= 4 is 11.8 Å². The first-order valence-electron chi connectivity index (χ1n) is 10.5. The lowest BCUT2D eigenvalue weighted by molar-refractivity contribution is 0.229. The molecule has 0 radical (unpaired) electrons. The van der Waals surface area contributed by atoms with Gasteiger partial charge in [-0.05, 0) is 43.4 Å². The van der Waals surface area contributed by atoms with E-state index in [1.54, 1.807) is 0 Å². The Hall–Kier alpha value is -1.82. The maximum absolute atomic E-state index is 12.1. The summed E-state index contributed by atoms with van der Waals surface area (Å²) in [5, 5.41) is 5.99. The van der Waals surface area contributed by atoms with Gasteiger partial charge in [0.15, 0.2) is 0 Å². The maximum Gasteiger partial charge on any atom is 0.315 e. The fraction of sp³-hybridized carbons (Fsp3) is 0.714. The van der Waals surface area contributed by atoms with Gasteiger partial charge in [-0.3, -0.25) is 0 Å². The molecule has 150 valence electrons. The van der Waals surface area contributed by atoms with Crippen molar-refractivity contribution in [3.8, 4) is 0 Å². The molecule has 1 aliphatic heterocycles. The molecule has 6 heteroatoms. The highest BCUT2D eigenvalue weighted by Crippen LogP contribution is 2.30. The normalized spacial score (nSPS) is 23.9. The van der Waals surface area contributed by atoms with Crippen molar-refractivity contribution in [2.45, 2.75) is 45.6 Å². The molecule has 1 aliphatic carbocycles. The van der Waals surface area contributed by atoms with E-state index in [-0.39, 0.29) is 6.03 Å². The van der Waals surface area contributed by atoms with Crippen molar-refractivity contribution in [2.24, 2.45) is 11.8 Å². The minimum atomic E-state index is -0.0734. The second kappa shape index (κ2) is 9.93. The molecule has 2 heterocycles. The third kappa shape index (κ3) is 6.09. The Kier molecular flexibility index (Phi) is 7.33. The Morgan fingerprint density at radius 3 is 2.41 bits per heavy atom. The molecule has 2 N–H and O–H groups in total. The number of amides is 2. The van der Waals surface area contributed by atoms with Crippen LogP contribution in [0.1, 0.15) is 44.6 Å². The van der Waals surface area contributed by atoms with E-state index in [2.05, 4.69) is 51.5 Å². The molecule has 2 aliphatic rings. The number of urea groups is 1. The van der Waals surface area contributed by atoms with Gasteiger partial charge in [0.05, 0.1) is 0 Å². The van der Waals surface area contributed by atoms with E-state index in [1.807, 2.05) is 6.20 Å². The minimum absolute atomic E-state index is 0.0734. The van der Waals surface area contributed by atoms with Gasteiger partial charge in [-0.2, -0.15) is 0 Å². The Morgan fingerprint density at radius 2 is 1.78 bits per heavy atom. The van der Waals surface area contributed by atoms with Gasteiger partial charge in [-0.25, -0.2) is 9.78 Å². The fourth-order valence-corrected chi connectivity index (χ4v) is 4.07. The molecule has 0 atom stereocenters. The molecule has 2 amide bonds. The van der Waals surface area contributed by atoms with Gasteiger partial charge < -0.3 is 20.4 Å². The number of aromatic nitrogens is 1. The zero-order valence-corrected chi connectivity index (χ0v) is 16.9. The first-order chi connectivity index (χ1) is 13.1. The third-order valence-electron chi connectivity index (χ3n) is 6.18. The number of rotatable bonds is 6. The highest BCUT2D eigenvalue weighted by Gasteiger charge is 2.20. The smallest absolute Gasteiger partial charge is 0.315 e. The summed E-state index contributed by atoms with van der Waals surface area (Å²) < 4.78 is 0. The van der Waals surface area contributed by atoms with Gasteiger partial charge in [0, 0.05) is 45.5 Å². The minimum Gasteiger partial charge on any atom is -0.354 e. The number of carbonyl (C=O) groups excluding carboxylic acids is 1. The number of pyridine rings is 1. The molecule has 2 fully saturated rings. The van der Waals surface area contributed by atoms with Crippen LogP contribution in [0, 0.1) is 11.8 Å². The molecule has 1 aromatic heterocycles. The third-order valence-corrected chi connectivity index (χ3v) is 6.18. The van der Waals surface area contributed by atoms with Crippen LogP contribution in [0.5, 0.6) is 0 Å². The van der Waals surface area contributed by atoms with Crippen LogP contribution < -0.4 is 15.5 Å². The van der Waals surface area contributed by atoms with E-state index in [0.717, 1.165) is 50.0 Å². The summed E-state index contributed by atoms with van der Waals surface area (Å²) in [6.07, 6.45) is 8.29. The average molecular weight is 374 g/mol. The van der Waals surface area contributed by atoms with Crippen LogP contribution in [0.2, 0.25) is 0 Å². The number of nitrogens with zero attached hydrogens (tertiary/aromatic N) is 3. The predicted octanol–water partition coefficient (Wildman–Crippen LogP) is 2.85. The number of likely N-dealkylation sites (N-methyl/N-ethyl adjacent to an activating group) is 1. The van der Waals surface area contributed by atoms with E-state index in [0.29, 0.717) is 12.5 Å². The van der Waals surface area contributed by atoms with Crippen LogP contribution in [0.3, 0.4) is 0 Å². The Bertz CT molecular complexity index is 575. The molecule has 3 rings (SSSR count). The van der Waals surface area contributed by atoms with Crippen molar-refractivity contribution < 1.29 is 4.79 Å². The summed E-state index contributed by atoms with van der Waals surface area (Å²) in [6.45, 7) is 7.78. The summed E-state index contributed by atoms with van der Waals surface area (Å²) in [4.78, 5) is 21.3. The molecule has 0 bridgehead atoms. The monoisotopic (exact) mass is 373 g/mol. The molecule has 0 aromatic carbocycles. The molecular formula is C21H35N5O. The second-order valence-electron chi connectivity index (χ2n) is 8.17. The summed E-state index contributed by atoms with van der Waals surface area (Å²) in [5.41, 5.74) is 1.03. The van der Waals surface area contributed by atoms with Gasteiger partial charge in [0.25, 0.3) is 0 Å². The number of piperazine rings is 1. The van der Waals surface area contributed by atoms with Crippen LogP contribution in [0.25, 0.3) is 0 Å². The summed E-state index contributed by atoms with van der Waals surface area (Å²) in [6, 6.07) is 4.05. The van der Waals surface area contributed by atoms with Crippen molar-refractivity contribution in [2.75, 3.05) is 44.7 Å². The van der Waals surface area contributed by atoms with Crippen LogP contribution >= 0.6 is 0 Å². The van der Waals surface area contributed by atoms with Gasteiger partial charge in [-0.1, -0.05) is 32.3 Å². The highest BCUT2D eigenvalue weighted by atomic mass is 16.2. The Morgan fingerprint density at radius 1 is 1.07 bits per heavy atom. The number of hydrogen-bond acceptors (Lipinski definition) is 4. The lowest BCUT2D eigenvalue weighted by Crippen LogP contribution is -2.44. The van der Waals surface area contributed by atoms with Gasteiger partial charge in [0.1, 0.15) is 5.82 Å². The lowest BCUT2D eigenvalue weighted by Gasteiger charge is -2.33. The van der Waals surface area contributed by atoms with Gasteiger partial charge in [-0.15, -0.1) is 0 Å². The zero-order valence-electron chi connectivity index (χ0n) is 16.9. The second-order valence-corrected chi connectivity index (χ2v) is 8.17. The van der Waals surface area contributed by atoms with E-state index >= 15 is 0 Å². The van der Waals surface area contributed by atoms with Crippen molar-refractivity contribution in [1.29, 1.82) is 0 Å². The summed E-state index contributed by atoms with van der Waals surface area (Å²) >= 11 is 0. The van der Waals surface area contributed by atoms with Crippen LogP contribution in [0.4, 0.5) is 10.6 Å². The molecule has 0 unspecified atom stereocenters. The number of hydrogen-bond donors (Lipinski definition) is 2. The molecular weight excluding hydrogens is 338 g/mol.